The number of carbonyl (C=O) groups excluding carboxylic acids is 1. The van der Waals surface area contributed by atoms with Gasteiger partial charge in [0.1, 0.15) is 5.82 Å². The Labute approximate surface area is 154 Å². The quantitative estimate of drug-likeness (QED) is 0.567. The topological polar surface area (TPSA) is 81.6 Å². The number of nitrogens with one attached hydrogen (secondary N) is 2. The van der Waals surface area contributed by atoms with E-state index in [4.69, 9.17) is 5.26 Å². The number of nitriles is 1. The van der Waals surface area contributed by atoms with Crippen molar-refractivity contribution in [2.45, 2.75) is 0 Å². The van der Waals surface area contributed by atoms with Crippen LogP contribution in [-0.2, 0) is 0 Å². The lowest BCUT2D eigenvalue weighted by atomic mass is 10.0. The van der Waals surface area contributed by atoms with Crippen molar-refractivity contribution in [2.75, 3.05) is 5.32 Å². The number of rotatable bonds is 3. The van der Waals surface area contributed by atoms with Crippen molar-refractivity contribution < 1.29 is 9.18 Å². The molecule has 0 unspecified atom stereocenters. The first kappa shape index (κ1) is 16.5. The van der Waals surface area contributed by atoms with E-state index in [-0.39, 0.29) is 5.56 Å². The van der Waals surface area contributed by atoms with Gasteiger partial charge < -0.3 is 5.32 Å². The molecule has 5 nitrogen and oxygen atoms in total. The van der Waals surface area contributed by atoms with E-state index >= 15 is 0 Å². The van der Waals surface area contributed by atoms with Gasteiger partial charge in [0.25, 0.3) is 5.91 Å². The Morgan fingerprint density at radius 1 is 1.04 bits per heavy atom. The summed E-state index contributed by atoms with van der Waals surface area (Å²) in [6.45, 7) is 0. The maximum absolute atomic E-state index is 13.8. The number of aromatic nitrogens is 2. The lowest BCUT2D eigenvalue weighted by Crippen LogP contribution is -2.14. The fourth-order valence-corrected chi connectivity index (χ4v) is 2.88. The third-order valence-corrected chi connectivity index (χ3v) is 4.24. The van der Waals surface area contributed by atoms with E-state index < -0.39 is 11.7 Å². The third kappa shape index (κ3) is 3.14. The number of anilines is 1. The molecule has 0 spiro atoms. The molecule has 6 heteroatoms. The lowest BCUT2D eigenvalue weighted by molar-refractivity contribution is 0.102. The first-order valence-electron chi connectivity index (χ1n) is 8.20. The Morgan fingerprint density at radius 2 is 1.85 bits per heavy atom. The second kappa shape index (κ2) is 6.73. The molecular formula is C21H13FN4O. The van der Waals surface area contributed by atoms with Gasteiger partial charge in [-0.25, -0.2) is 4.39 Å². The molecular weight excluding hydrogens is 343 g/mol. The van der Waals surface area contributed by atoms with Crippen LogP contribution in [-0.4, -0.2) is 16.1 Å². The molecule has 0 bridgehead atoms. The van der Waals surface area contributed by atoms with E-state index in [0.29, 0.717) is 16.8 Å². The SMILES string of the molecule is N#Cc1cccc(-c2ccc3c(NC(=O)c4ccccc4F)n[nH]c3c2)c1. The van der Waals surface area contributed by atoms with Crippen molar-refractivity contribution in [1.82, 2.24) is 10.2 Å². The Hall–Kier alpha value is -3.98. The van der Waals surface area contributed by atoms with Crippen LogP contribution in [0.2, 0.25) is 0 Å². The molecule has 1 aromatic heterocycles. The van der Waals surface area contributed by atoms with E-state index in [1.54, 1.807) is 18.2 Å². The summed E-state index contributed by atoms with van der Waals surface area (Å²) >= 11 is 0. The highest BCUT2D eigenvalue weighted by Gasteiger charge is 2.14. The van der Waals surface area contributed by atoms with Crippen LogP contribution in [0.25, 0.3) is 22.0 Å². The van der Waals surface area contributed by atoms with Crippen molar-refractivity contribution in [3.05, 3.63) is 83.7 Å². The molecule has 2 N–H and O–H groups in total. The van der Waals surface area contributed by atoms with Gasteiger partial charge in [-0.05, 0) is 47.5 Å². The molecule has 0 saturated heterocycles. The highest BCUT2D eigenvalue weighted by atomic mass is 19.1. The largest absolute Gasteiger partial charge is 0.304 e. The highest BCUT2D eigenvalue weighted by Crippen LogP contribution is 2.28. The number of amides is 1. The van der Waals surface area contributed by atoms with Crippen LogP contribution in [0, 0.1) is 17.1 Å². The summed E-state index contributed by atoms with van der Waals surface area (Å²) in [4.78, 5) is 12.3. The summed E-state index contributed by atoms with van der Waals surface area (Å²) < 4.78 is 13.8. The van der Waals surface area contributed by atoms with E-state index in [1.165, 1.54) is 18.2 Å². The summed E-state index contributed by atoms with van der Waals surface area (Å²) in [6, 6.07) is 20.8. The molecule has 27 heavy (non-hydrogen) atoms. The van der Waals surface area contributed by atoms with Gasteiger partial charge >= 0.3 is 0 Å². The number of nitrogens with zero attached hydrogens (tertiary/aromatic N) is 2. The first-order valence-corrected chi connectivity index (χ1v) is 8.20. The van der Waals surface area contributed by atoms with Gasteiger partial charge in [-0.3, -0.25) is 9.89 Å². The van der Waals surface area contributed by atoms with Crippen molar-refractivity contribution in [3.63, 3.8) is 0 Å². The summed E-state index contributed by atoms with van der Waals surface area (Å²) in [5, 5.41) is 19.4. The number of fused-ring (bicyclic) bond motifs is 1. The van der Waals surface area contributed by atoms with Gasteiger partial charge in [0, 0.05) is 5.39 Å². The molecule has 3 aromatic carbocycles. The van der Waals surface area contributed by atoms with Gasteiger partial charge in [0.2, 0.25) is 0 Å². The fourth-order valence-electron chi connectivity index (χ4n) is 2.88. The molecule has 0 radical (unpaired) electrons. The molecule has 0 saturated carbocycles. The molecule has 1 amide bonds. The van der Waals surface area contributed by atoms with Crippen molar-refractivity contribution in [1.29, 1.82) is 5.26 Å². The Kier molecular flexibility index (Phi) is 4.11. The fraction of sp³-hybridized carbons (Fsp3) is 0. The number of hydrogen-bond donors (Lipinski definition) is 2. The minimum absolute atomic E-state index is 0.0430. The minimum atomic E-state index is -0.588. The second-order valence-electron chi connectivity index (χ2n) is 5.96. The van der Waals surface area contributed by atoms with Crippen LogP contribution in [0.15, 0.2) is 66.7 Å². The molecule has 4 aromatic rings. The van der Waals surface area contributed by atoms with Crippen molar-refractivity contribution in [2.24, 2.45) is 0 Å². The lowest BCUT2D eigenvalue weighted by Gasteiger charge is -2.05. The van der Waals surface area contributed by atoms with Crippen LogP contribution in [0.3, 0.4) is 0 Å². The van der Waals surface area contributed by atoms with E-state index in [9.17, 15) is 9.18 Å². The third-order valence-electron chi connectivity index (χ3n) is 4.24. The Bertz CT molecular complexity index is 1210. The zero-order chi connectivity index (χ0) is 18.8. The molecule has 0 aliphatic heterocycles. The van der Waals surface area contributed by atoms with Crippen molar-refractivity contribution in [3.8, 4) is 17.2 Å². The predicted molar refractivity (Wildman–Crippen MR) is 101 cm³/mol. The Morgan fingerprint density at radius 3 is 2.67 bits per heavy atom. The second-order valence-corrected chi connectivity index (χ2v) is 5.96. The molecule has 0 aliphatic rings. The average molecular weight is 356 g/mol. The van der Waals surface area contributed by atoms with Gasteiger partial charge in [-0.15, -0.1) is 0 Å². The first-order chi connectivity index (χ1) is 13.2. The summed E-state index contributed by atoms with van der Waals surface area (Å²) in [7, 11) is 0. The van der Waals surface area contributed by atoms with Gasteiger partial charge in [0.05, 0.1) is 22.7 Å². The van der Waals surface area contributed by atoms with Gasteiger partial charge in [-0.1, -0.05) is 30.3 Å². The number of hydrogen-bond acceptors (Lipinski definition) is 3. The monoisotopic (exact) mass is 356 g/mol. The summed E-state index contributed by atoms with van der Waals surface area (Å²) in [6.07, 6.45) is 0. The molecule has 1 heterocycles. The highest BCUT2D eigenvalue weighted by molar-refractivity contribution is 6.08. The van der Waals surface area contributed by atoms with Crippen LogP contribution < -0.4 is 5.32 Å². The molecule has 0 fully saturated rings. The Balaban J connectivity index is 1.66. The number of carbonyl (C=O) groups is 1. The normalized spacial score (nSPS) is 10.5. The van der Waals surface area contributed by atoms with Crippen LogP contribution in [0.1, 0.15) is 15.9 Å². The summed E-state index contributed by atoms with van der Waals surface area (Å²) in [5.41, 5.74) is 3.07. The van der Waals surface area contributed by atoms with E-state index in [1.807, 2.05) is 30.3 Å². The zero-order valence-corrected chi connectivity index (χ0v) is 14.0. The van der Waals surface area contributed by atoms with E-state index in [0.717, 1.165) is 16.6 Å². The minimum Gasteiger partial charge on any atom is -0.304 e. The number of aromatic amines is 1. The number of H-pyrrole nitrogens is 1. The molecule has 0 aliphatic carbocycles. The van der Waals surface area contributed by atoms with Gasteiger partial charge in [0.15, 0.2) is 5.82 Å². The molecule has 130 valence electrons. The smallest absolute Gasteiger partial charge is 0.259 e. The number of halogens is 1. The molecule has 0 atom stereocenters. The zero-order valence-electron chi connectivity index (χ0n) is 14.0. The van der Waals surface area contributed by atoms with Crippen LogP contribution in [0.5, 0.6) is 0 Å². The predicted octanol–water partition coefficient (Wildman–Crippen LogP) is 4.49. The summed E-state index contributed by atoms with van der Waals surface area (Å²) in [5.74, 6) is -0.822. The average Bonchev–Trinajstić information content (AvgIpc) is 3.10. The van der Waals surface area contributed by atoms with Crippen LogP contribution >= 0.6 is 0 Å². The van der Waals surface area contributed by atoms with Gasteiger partial charge in [-0.2, -0.15) is 10.4 Å². The van der Waals surface area contributed by atoms with Crippen LogP contribution in [0.4, 0.5) is 10.2 Å². The number of benzene rings is 3. The van der Waals surface area contributed by atoms with E-state index in [2.05, 4.69) is 21.6 Å². The maximum Gasteiger partial charge on any atom is 0.259 e. The molecule has 4 rings (SSSR count). The van der Waals surface area contributed by atoms with Crippen molar-refractivity contribution >= 4 is 22.6 Å². The maximum atomic E-state index is 13.8. The standard InChI is InChI=1S/C21H13FN4O/c22-18-7-2-1-6-16(18)21(27)24-20-17-9-8-15(11-19(17)25-26-20)14-5-3-4-13(10-14)12-23/h1-11H,(H2,24,25,26,27).